The lowest BCUT2D eigenvalue weighted by Gasteiger charge is -2.28. The zero-order valence-electron chi connectivity index (χ0n) is 16.1. The van der Waals surface area contributed by atoms with Gasteiger partial charge in [0.1, 0.15) is 17.9 Å². The highest BCUT2D eigenvalue weighted by Crippen LogP contribution is 2.37. The summed E-state index contributed by atoms with van der Waals surface area (Å²) >= 11 is 0. The summed E-state index contributed by atoms with van der Waals surface area (Å²) in [4.78, 5) is 11.4. The van der Waals surface area contributed by atoms with Crippen LogP contribution in [0.3, 0.4) is 0 Å². The molecule has 29 heavy (non-hydrogen) atoms. The van der Waals surface area contributed by atoms with Crippen molar-refractivity contribution in [1.82, 2.24) is 24.9 Å². The first-order valence-corrected chi connectivity index (χ1v) is 10.1. The van der Waals surface area contributed by atoms with Crippen molar-refractivity contribution in [2.45, 2.75) is 44.4 Å². The van der Waals surface area contributed by atoms with Crippen LogP contribution in [0.25, 0.3) is 5.65 Å². The van der Waals surface area contributed by atoms with E-state index in [2.05, 4.69) is 20.3 Å². The van der Waals surface area contributed by atoms with Gasteiger partial charge in [0.25, 0.3) is 0 Å². The van der Waals surface area contributed by atoms with Crippen LogP contribution in [0.5, 0.6) is 0 Å². The number of nitrogens with zero attached hydrogens (tertiary/aromatic N) is 5. The van der Waals surface area contributed by atoms with Crippen LogP contribution in [0.1, 0.15) is 54.8 Å². The average molecular weight is 397 g/mol. The maximum atomic E-state index is 14.1. The second kappa shape index (κ2) is 7.23. The van der Waals surface area contributed by atoms with Crippen molar-refractivity contribution in [3.05, 3.63) is 47.2 Å². The number of aromatic nitrogens is 4. The monoisotopic (exact) mass is 397 g/mol. The summed E-state index contributed by atoms with van der Waals surface area (Å²) in [7, 11) is 0. The molecule has 0 saturated carbocycles. The van der Waals surface area contributed by atoms with Gasteiger partial charge in [0.2, 0.25) is 0 Å². The largest absolute Gasteiger partial charge is 0.382 e. The fourth-order valence-corrected chi connectivity index (χ4v) is 4.48. The lowest BCUT2D eigenvalue weighted by molar-refractivity contribution is 0.140. The van der Waals surface area contributed by atoms with Crippen molar-refractivity contribution in [3.8, 4) is 0 Å². The van der Waals surface area contributed by atoms with E-state index in [1.165, 1.54) is 6.20 Å². The molecule has 9 heteroatoms. The van der Waals surface area contributed by atoms with Crippen LogP contribution >= 0.6 is 0 Å². The third-order valence-corrected chi connectivity index (χ3v) is 5.86. The van der Waals surface area contributed by atoms with Gasteiger partial charge in [-0.2, -0.15) is 0 Å². The van der Waals surface area contributed by atoms with Crippen LogP contribution in [0, 0.1) is 5.82 Å². The third-order valence-electron chi connectivity index (χ3n) is 5.86. The number of nitrogens with two attached hydrogens (primary N) is 1. The van der Waals surface area contributed by atoms with Crippen molar-refractivity contribution >= 4 is 17.3 Å². The Morgan fingerprint density at radius 1 is 1.28 bits per heavy atom. The van der Waals surface area contributed by atoms with Crippen molar-refractivity contribution in [2.75, 3.05) is 23.7 Å². The van der Waals surface area contributed by atoms with Gasteiger partial charge in [-0.1, -0.05) is 0 Å². The normalized spacial score (nSPS) is 22.5. The minimum absolute atomic E-state index is 0.0258. The van der Waals surface area contributed by atoms with Crippen molar-refractivity contribution in [1.29, 1.82) is 0 Å². The number of nitrogens with one attached hydrogen (secondary N) is 1. The van der Waals surface area contributed by atoms with Gasteiger partial charge < -0.3 is 15.7 Å². The van der Waals surface area contributed by atoms with Gasteiger partial charge in [0.05, 0.1) is 17.8 Å². The predicted octanol–water partition coefficient (Wildman–Crippen LogP) is 2.10. The maximum absolute atomic E-state index is 14.1. The molecule has 8 nitrogen and oxygen atoms in total. The lowest BCUT2D eigenvalue weighted by atomic mass is 9.99. The number of nitrogen functional groups attached to an aromatic ring is 1. The molecule has 1 fully saturated rings. The van der Waals surface area contributed by atoms with Gasteiger partial charge in [-0.05, 0) is 56.3 Å². The SMILES string of the molecule is Nc1nn2ccc3nc2c1C(O)NCCCCc1ncc(F)cc1[C@H]1CCCN31. The summed E-state index contributed by atoms with van der Waals surface area (Å²) in [6.45, 7) is 1.44. The first-order valence-electron chi connectivity index (χ1n) is 10.1. The van der Waals surface area contributed by atoms with Crippen LogP contribution in [0.15, 0.2) is 24.5 Å². The highest BCUT2D eigenvalue weighted by Gasteiger charge is 2.31. The first-order chi connectivity index (χ1) is 14.1. The molecule has 0 aliphatic carbocycles. The van der Waals surface area contributed by atoms with Crippen molar-refractivity contribution < 1.29 is 9.50 Å². The van der Waals surface area contributed by atoms with E-state index >= 15 is 0 Å². The molecule has 2 atom stereocenters. The molecular weight excluding hydrogens is 373 g/mol. The molecule has 3 aromatic heterocycles. The summed E-state index contributed by atoms with van der Waals surface area (Å²) < 4.78 is 15.7. The fraction of sp³-hybridized carbons (Fsp3) is 0.450. The minimum Gasteiger partial charge on any atom is -0.382 e. The highest BCUT2D eigenvalue weighted by atomic mass is 19.1. The Kier molecular flexibility index (Phi) is 4.56. The number of aliphatic hydroxyl groups is 1. The molecule has 2 aliphatic heterocycles. The summed E-state index contributed by atoms with van der Waals surface area (Å²) in [6.07, 6.45) is 6.58. The van der Waals surface area contributed by atoms with E-state index in [0.29, 0.717) is 17.8 Å². The molecule has 5 heterocycles. The lowest BCUT2D eigenvalue weighted by Crippen LogP contribution is -2.26. The number of rotatable bonds is 0. The van der Waals surface area contributed by atoms with Gasteiger partial charge in [-0.3, -0.25) is 10.3 Å². The number of hydrogen-bond donors (Lipinski definition) is 3. The minimum atomic E-state index is -0.938. The van der Waals surface area contributed by atoms with E-state index in [1.54, 1.807) is 16.8 Å². The van der Waals surface area contributed by atoms with Crippen LogP contribution in [0.2, 0.25) is 0 Å². The molecule has 2 bridgehead atoms. The van der Waals surface area contributed by atoms with E-state index in [-0.39, 0.29) is 17.7 Å². The van der Waals surface area contributed by atoms with Crippen molar-refractivity contribution in [3.63, 3.8) is 0 Å². The Hall–Kier alpha value is -2.78. The van der Waals surface area contributed by atoms with Crippen LogP contribution in [-0.4, -0.2) is 37.8 Å². The van der Waals surface area contributed by atoms with Gasteiger partial charge in [-0.15, -0.1) is 5.10 Å². The Balaban J connectivity index is 1.66. The van der Waals surface area contributed by atoms with Crippen molar-refractivity contribution in [2.24, 2.45) is 0 Å². The first kappa shape index (κ1) is 18.3. The van der Waals surface area contributed by atoms with E-state index < -0.39 is 6.23 Å². The topological polar surface area (TPSA) is 105 Å². The molecular formula is C20H24FN7O. The van der Waals surface area contributed by atoms with Gasteiger partial charge >= 0.3 is 0 Å². The summed E-state index contributed by atoms with van der Waals surface area (Å²) in [5.41, 5.74) is 8.98. The number of aliphatic hydroxyl groups excluding tert-OH is 1. The van der Waals surface area contributed by atoms with Gasteiger partial charge in [0, 0.05) is 18.4 Å². The molecule has 152 valence electrons. The number of anilines is 2. The molecule has 5 rings (SSSR count). The molecule has 0 spiro atoms. The second-order valence-electron chi connectivity index (χ2n) is 7.71. The Morgan fingerprint density at radius 2 is 2.17 bits per heavy atom. The molecule has 0 radical (unpaired) electrons. The number of fused-ring (bicyclic) bond motifs is 5. The Morgan fingerprint density at radius 3 is 3.07 bits per heavy atom. The standard InChI is InChI=1S/C20H24FN7O/c21-12-10-13-14(24-11-12)4-1-2-7-23-20(29)17-18(22)26-28-9-6-16(25-19(17)28)27-8-3-5-15(13)27/h6,9-11,15,20,23,29H,1-5,7-8H2,(H2,22,26)/t15-,20?/m1/s1. The van der Waals surface area contributed by atoms with Crippen LogP contribution in [-0.2, 0) is 6.42 Å². The van der Waals surface area contributed by atoms with E-state index in [4.69, 9.17) is 10.7 Å². The van der Waals surface area contributed by atoms with E-state index in [9.17, 15) is 9.50 Å². The van der Waals surface area contributed by atoms with Gasteiger partial charge in [-0.25, -0.2) is 13.9 Å². The van der Waals surface area contributed by atoms with Crippen LogP contribution < -0.4 is 16.0 Å². The predicted molar refractivity (Wildman–Crippen MR) is 107 cm³/mol. The van der Waals surface area contributed by atoms with E-state index in [0.717, 1.165) is 55.7 Å². The molecule has 3 aromatic rings. The molecule has 0 aromatic carbocycles. The fourth-order valence-electron chi connectivity index (χ4n) is 4.48. The Labute approximate surface area is 167 Å². The zero-order valence-corrected chi connectivity index (χ0v) is 16.1. The summed E-state index contributed by atoms with van der Waals surface area (Å²) in [6, 6.07) is 3.54. The summed E-state index contributed by atoms with van der Waals surface area (Å²) in [5.74, 6) is 0.715. The number of aryl methyl sites for hydroxylation is 1. The average Bonchev–Trinajstić information content (AvgIpc) is 3.31. The van der Waals surface area contributed by atoms with Crippen LogP contribution in [0.4, 0.5) is 16.0 Å². The molecule has 4 N–H and O–H groups in total. The van der Waals surface area contributed by atoms with E-state index in [1.807, 2.05) is 6.07 Å². The van der Waals surface area contributed by atoms with Gasteiger partial charge in [0.15, 0.2) is 11.5 Å². The highest BCUT2D eigenvalue weighted by molar-refractivity contribution is 5.63. The smallest absolute Gasteiger partial charge is 0.166 e. The third kappa shape index (κ3) is 3.20. The number of hydrogen-bond acceptors (Lipinski definition) is 7. The second-order valence-corrected chi connectivity index (χ2v) is 7.71. The molecule has 1 unspecified atom stereocenters. The maximum Gasteiger partial charge on any atom is 0.166 e. The molecule has 2 aliphatic rings. The molecule has 1 saturated heterocycles. The number of pyridine rings is 1. The molecule has 0 amide bonds. The number of halogens is 1. The Bertz CT molecular complexity index is 1050. The quantitative estimate of drug-likeness (QED) is 0.534. The zero-order chi connectivity index (χ0) is 20.0. The summed E-state index contributed by atoms with van der Waals surface area (Å²) in [5, 5.41) is 18.0.